The van der Waals surface area contributed by atoms with Crippen LogP contribution in [0.3, 0.4) is 0 Å². The zero-order valence-electron chi connectivity index (χ0n) is 13.7. The van der Waals surface area contributed by atoms with E-state index in [2.05, 4.69) is 25.9 Å². The summed E-state index contributed by atoms with van der Waals surface area (Å²) in [4.78, 5) is 24.4. The maximum Gasteiger partial charge on any atom is 0.307 e. The molecular formula is C17H19N5O3. The normalized spacial score (nSPS) is 21.4. The minimum atomic E-state index is -0.576. The van der Waals surface area contributed by atoms with Gasteiger partial charge >= 0.3 is 5.97 Å². The zero-order valence-corrected chi connectivity index (χ0v) is 13.7. The van der Waals surface area contributed by atoms with Crippen molar-refractivity contribution in [1.82, 2.24) is 25.9 Å². The highest BCUT2D eigenvalue weighted by molar-refractivity contribution is 5.88. The molecule has 1 aromatic carbocycles. The Morgan fingerprint density at radius 2 is 2.20 bits per heavy atom. The molecule has 4 rings (SSSR count). The number of carbonyl (C=O) groups excluding carboxylic acids is 2. The van der Waals surface area contributed by atoms with Gasteiger partial charge < -0.3 is 10.1 Å². The van der Waals surface area contributed by atoms with E-state index in [4.69, 9.17) is 4.74 Å². The Bertz CT molecular complexity index is 783. The van der Waals surface area contributed by atoms with Gasteiger partial charge in [0.05, 0.1) is 12.3 Å². The Kier molecular flexibility index (Phi) is 3.95. The number of carbonyl (C=O) groups is 2. The molecule has 25 heavy (non-hydrogen) atoms. The first-order valence-electron chi connectivity index (χ1n) is 8.49. The molecule has 1 aliphatic heterocycles. The van der Waals surface area contributed by atoms with E-state index in [1.54, 1.807) is 0 Å². The van der Waals surface area contributed by atoms with E-state index < -0.39 is 5.60 Å². The molecule has 2 aromatic rings. The highest BCUT2D eigenvalue weighted by atomic mass is 16.6. The number of H-pyrrole nitrogens is 1. The summed E-state index contributed by atoms with van der Waals surface area (Å²) in [6.07, 6.45) is 3.75. The van der Waals surface area contributed by atoms with Crippen LogP contribution in [0, 0.1) is 5.92 Å². The third-order valence-corrected chi connectivity index (χ3v) is 5.09. The molecule has 0 bridgehead atoms. The molecule has 2 N–H and O–H groups in total. The van der Waals surface area contributed by atoms with Crippen LogP contribution in [0.25, 0.3) is 11.4 Å². The van der Waals surface area contributed by atoms with Crippen LogP contribution >= 0.6 is 0 Å². The number of aromatic amines is 1. The summed E-state index contributed by atoms with van der Waals surface area (Å²) in [5, 5.41) is 16.8. The maximum absolute atomic E-state index is 12.7. The molecule has 2 fully saturated rings. The van der Waals surface area contributed by atoms with Gasteiger partial charge in [0, 0.05) is 12.1 Å². The Morgan fingerprint density at radius 1 is 1.36 bits per heavy atom. The Hall–Kier alpha value is -2.77. The van der Waals surface area contributed by atoms with E-state index in [0.29, 0.717) is 12.4 Å². The molecule has 1 amide bonds. The number of hydrogen-bond donors (Lipinski definition) is 2. The van der Waals surface area contributed by atoms with Crippen LogP contribution in [-0.4, -0.2) is 38.1 Å². The number of esters is 1. The minimum Gasteiger partial charge on any atom is -0.458 e. The quantitative estimate of drug-likeness (QED) is 0.813. The van der Waals surface area contributed by atoms with E-state index in [1.807, 2.05) is 24.3 Å². The first kappa shape index (κ1) is 15.7. The summed E-state index contributed by atoms with van der Waals surface area (Å²) in [6, 6.07) is 7.60. The van der Waals surface area contributed by atoms with Crippen LogP contribution in [0.1, 0.15) is 37.7 Å². The molecule has 0 unspecified atom stereocenters. The molecule has 1 atom stereocenters. The van der Waals surface area contributed by atoms with Crippen molar-refractivity contribution in [2.75, 3.05) is 0 Å². The van der Waals surface area contributed by atoms with Gasteiger partial charge in [-0.2, -0.15) is 5.21 Å². The molecule has 2 heterocycles. The monoisotopic (exact) mass is 341 g/mol. The van der Waals surface area contributed by atoms with E-state index in [0.717, 1.165) is 36.8 Å². The third-order valence-electron chi connectivity index (χ3n) is 5.09. The fraction of sp³-hybridized carbons (Fsp3) is 0.471. The van der Waals surface area contributed by atoms with Gasteiger partial charge in [0.15, 0.2) is 0 Å². The van der Waals surface area contributed by atoms with Crippen molar-refractivity contribution in [2.24, 2.45) is 5.92 Å². The van der Waals surface area contributed by atoms with Crippen molar-refractivity contribution in [1.29, 1.82) is 0 Å². The van der Waals surface area contributed by atoms with Crippen LogP contribution in [-0.2, 0) is 20.9 Å². The second kappa shape index (κ2) is 6.27. The molecular weight excluding hydrogens is 322 g/mol. The molecule has 1 saturated carbocycles. The van der Waals surface area contributed by atoms with E-state index in [1.165, 1.54) is 0 Å². The van der Waals surface area contributed by atoms with Gasteiger partial charge in [-0.3, -0.25) is 9.59 Å². The lowest BCUT2D eigenvalue weighted by atomic mass is 9.85. The smallest absolute Gasteiger partial charge is 0.307 e. The van der Waals surface area contributed by atoms with E-state index in [-0.39, 0.29) is 24.2 Å². The standard InChI is InChI=1S/C17H19N5O3/c23-14-9-13(17(25-14)6-1-2-7-17)16(24)18-10-11-4-3-5-12(8-11)15-19-21-22-20-15/h3-5,8,13H,1-2,6-7,9-10H2,(H,18,24)(H,19,20,21,22)/t13-/m1/s1. The lowest BCUT2D eigenvalue weighted by molar-refractivity contribution is -0.149. The lowest BCUT2D eigenvalue weighted by Crippen LogP contribution is -2.42. The van der Waals surface area contributed by atoms with Gasteiger partial charge in [0.2, 0.25) is 11.7 Å². The largest absolute Gasteiger partial charge is 0.458 e. The van der Waals surface area contributed by atoms with Crippen LogP contribution in [0.5, 0.6) is 0 Å². The summed E-state index contributed by atoms with van der Waals surface area (Å²) in [7, 11) is 0. The Labute approximate surface area is 144 Å². The predicted molar refractivity (Wildman–Crippen MR) is 86.9 cm³/mol. The van der Waals surface area contributed by atoms with Crippen molar-refractivity contribution < 1.29 is 14.3 Å². The number of ether oxygens (including phenoxy) is 1. The number of aromatic nitrogens is 4. The van der Waals surface area contributed by atoms with Crippen molar-refractivity contribution in [3.8, 4) is 11.4 Å². The average Bonchev–Trinajstić information content (AvgIpc) is 3.35. The third kappa shape index (κ3) is 2.99. The zero-order chi connectivity index (χ0) is 17.3. The summed E-state index contributed by atoms with van der Waals surface area (Å²) in [5.41, 5.74) is 1.18. The molecule has 1 aliphatic carbocycles. The van der Waals surface area contributed by atoms with Crippen molar-refractivity contribution >= 4 is 11.9 Å². The molecule has 130 valence electrons. The minimum absolute atomic E-state index is 0.113. The summed E-state index contributed by atoms with van der Waals surface area (Å²) in [6.45, 7) is 0.380. The first-order valence-corrected chi connectivity index (χ1v) is 8.49. The average molecular weight is 341 g/mol. The van der Waals surface area contributed by atoms with Crippen LogP contribution in [0.4, 0.5) is 0 Å². The first-order chi connectivity index (χ1) is 12.2. The number of amides is 1. The number of tetrazole rings is 1. The van der Waals surface area contributed by atoms with Crippen LogP contribution < -0.4 is 5.32 Å². The number of hydrogen-bond acceptors (Lipinski definition) is 6. The maximum atomic E-state index is 12.7. The van der Waals surface area contributed by atoms with E-state index in [9.17, 15) is 9.59 Å². The fourth-order valence-electron chi connectivity index (χ4n) is 3.86. The topological polar surface area (TPSA) is 110 Å². The number of nitrogens with zero attached hydrogens (tertiary/aromatic N) is 3. The highest BCUT2D eigenvalue weighted by Crippen LogP contribution is 2.45. The lowest BCUT2D eigenvalue weighted by Gasteiger charge is -2.27. The molecule has 8 heteroatoms. The van der Waals surface area contributed by atoms with Crippen molar-refractivity contribution in [3.05, 3.63) is 29.8 Å². The van der Waals surface area contributed by atoms with Gasteiger partial charge in [-0.15, -0.1) is 10.2 Å². The highest BCUT2D eigenvalue weighted by Gasteiger charge is 2.53. The Morgan fingerprint density at radius 3 is 2.96 bits per heavy atom. The molecule has 8 nitrogen and oxygen atoms in total. The van der Waals surface area contributed by atoms with E-state index >= 15 is 0 Å². The fourth-order valence-corrected chi connectivity index (χ4v) is 3.86. The van der Waals surface area contributed by atoms with Crippen LogP contribution in [0.2, 0.25) is 0 Å². The molecule has 1 spiro atoms. The van der Waals surface area contributed by atoms with Gasteiger partial charge in [-0.25, -0.2) is 0 Å². The number of benzene rings is 1. The summed E-state index contributed by atoms with van der Waals surface area (Å²) >= 11 is 0. The predicted octanol–water partition coefficient (Wildman–Crippen LogP) is 1.36. The van der Waals surface area contributed by atoms with Crippen molar-refractivity contribution in [2.45, 2.75) is 44.2 Å². The van der Waals surface area contributed by atoms with Crippen molar-refractivity contribution in [3.63, 3.8) is 0 Å². The van der Waals surface area contributed by atoms with Gasteiger partial charge in [0.1, 0.15) is 5.60 Å². The molecule has 0 radical (unpaired) electrons. The number of rotatable bonds is 4. The number of nitrogens with one attached hydrogen (secondary N) is 2. The summed E-state index contributed by atoms with van der Waals surface area (Å²) < 4.78 is 5.54. The summed E-state index contributed by atoms with van der Waals surface area (Å²) in [5.74, 6) is -0.255. The second-order valence-electron chi connectivity index (χ2n) is 6.66. The Balaban J connectivity index is 1.44. The van der Waals surface area contributed by atoms with Gasteiger partial charge in [-0.1, -0.05) is 18.2 Å². The SMILES string of the molecule is O=C1C[C@H](C(=O)NCc2cccc(-c3nn[nH]n3)c2)C2(CCCC2)O1. The molecule has 1 aromatic heterocycles. The van der Waals surface area contributed by atoms with Gasteiger partial charge in [0.25, 0.3) is 0 Å². The molecule has 2 aliphatic rings. The molecule has 1 saturated heterocycles. The van der Waals surface area contributed by atoms with Crippen LogP contribution in [0.15, 0.2) is 24.3 Å². The second-order valence-corrected chi connectivity index (χ2v) is 6.66. The van der Waals surface area contributed by atoms with Gasteiger partial charge in [-0.05, 0) is 42.5 Å².